The molecule has 0 aliphatic rings. The van der Waals surface area contributed by atoms with Crippen molar-refractivity contribution >= 4 is 29.0 Å². The van der Waals surface area contributed by atoms with Gasteiger partial charge in [-0.3, -0.25) is 14.6 Å². The molecular formula is C26H17F3N6O3. The number of alkyl halides is 3. The lowest BCUT2D eigenvalue weighted by molar-refractivity contribution is -0.137. The summed E-state index contributed by atoms with van der Waals surface area (Å²) in [7, 11) is 0. The number of carbonyl (C=O) groups excluding carboxylic acids is 2. The number of halogens is 3. The van der Waals surface area contributed by atoms with E-state index in [9.17, 15) is 22.8 Å². The minimum absolute atomic E-state index is 0.134. The predicted molar refractivity (Wildman–Crippen MR) is 131 cm³/mol. The normalized spacial score (nSPS) is 11.2. The molecule has 190 valence electrons. The van der Waals surface area contributed by atoms with Gasteiger partial charge in [-0.15, -0.1) is 5.10 Å². The van der Waals surface area contributed by atoms with E-state index >= 15 is 0 Å². The Bertz CT molecular complexity index is 1640. The Kier molecular flexibility index (Phi) is 6.44. The largest absolute Gasteiger partial charge is 0.438 e. The van der Waals surface area contributed by atoms with Crippen molar-refractivity contribution in [2.24, 2.45) is 0 Å². The maximum absolute atomic E-state index is 13.0. The monoisotopic (exact) mass is 518 g/mol. The molecular weight excluding hydrogens is 501 g/mol. The number of rotatable bonds is 6. The molecule has 5 rings (SSSR count). The summed E-state index contributed by atoms with van der Waals surface area (Å²) in [5.41, 5.74) is 0.101. The number of ether oxygens (including phenoxy) is 1. The average Bonchev–Trinajstić information content (AvgIpc) is 3.30. The number of fused-ring (bicyclic) bond motifs is 1. The quantitative estimate of drug-likeness (QED) is 0.310. The number of pyridine rings is 1. The van der Waals surface area contributed by atoms with Crippen molar-refractivity contribution in [2.45, 2.75) is 6.18 Å². The number of anilines is 2. The van der Waals surface area contributed by atoms with Crippen LogP contribution in [0.5, 0.6) is 11.6 Å². The second kappa shape index (κ2) is 10.0. The zero-order chi connectivity index (χ0) is 26.7. The second-order valence-electron chi connectivity index (χ2n) is 7.96. The Morgan fingerprint density at radius 2 is 1.66 bits per heavy atom. The number of nitrogens with one attached hydrogen (secondary N) is 2. The molecule has 2 N–H and O–H groups in total. The molecule has 0 aliphatic carbocycles. The van der Waals surface area contributed by atoms with Gasteiger partial charge in [0.15, 0.2) is 11.5 Å². The SMILES string of the molecule is O=C(Nc1cccc(Oc2ccc3nc(NC(=O)c4cccnc4)cn3n2)c1)c1cccc(C(F)(F)F)c1. The van der Waals surface area contributed by atoms with Crippen LogP contribution in [0.25, 0.3) is 5.65 Å². The standard InChI is InChI=1S/C26H17F3N6O3/c27-26(28,29)18-6-1-4-16(12-18)24(36)31-19-7-2-8-20(13-19)38-23-10-9-22-32-21(15-35(22)34-23)33-25(37)17-5-3-11-30-14-17/h1-15H,(H,31,36)(H,33,37). The Morgan fingerprint density at radius 1 is 0.868 bits per heavy atom. The molecule has 0 spiro atoms. The predicted octanol–water partition coefficient (Wildman–Crippen LogP) is 5.44. The lowest BCUT2D eigenvalue weighted by atomic mass is 10.1. The third kappa shape index (κ3) is 5.59. The molecule has 9 nitrogen and oxygen atoms in total. The Balaban J connectivity index is 1.28. The van der Waals surface area contributed by atoms with E-state index in [4.69, 9.17) is 4.74 Å². The number of imidazole rings is 1. The van der Waals surface area contributed by atoms with Crippen molar-refractivity contribution in [1.29, 1.82) is 0 Å². The first-order chi connectivity index (χ1) is 18.2. The molecule has 0 fully saturated rings. The second-order valence-corrected chi connectivity index (χ2v) is 7.96. The topological polar surface area (TPSA) is 111 Å². The summed E-state index contributed by atoms with van der Waals surface area (Å²) in [4.78, 5) is 33.0. The van der Waals surface area contributed by atoms with Crippen LogP contribution in [0, 0.1) is 0 Å². The van der Waals surface area contributed by atoms with Gasteiger partial charge < -0.3 is 15.4 Å². The van der Waals surface area contributed by atoms with Crippen molar-refractivity contribution < 1.29 is 27.5 Å². The minimum Gasteiger partial charge on any atom is -0.438 e. The lowest BCUT2D eigenvalue weighted by Crippen LogP contribution is -2.13. The van der Waals surface area contributed by atoms with E-state index in [2.05, 4.69) is 25.7 Å². The minimum atomic E-state index is -4.56. The van der Waals surface area contributed by atoms with E-state index in [-0.39, 0.29) is 23.2 Å². The van der Waals surface area contributed by atoms with Crippen molar-refractivity contribution in [1.82, 2.24) is 19.6 Å². The lowest BCUT2D eigenvalue weighted by Gasteiger charge is -2.10. The molecule has 0 unspecified atom stereocenters. The molecule has 0 saturated carbocycles. The molecule has 0 aliphatic heterocycles. The number of hydrogen-bond donors (Lipinski definition) is 2. The van der Waals surface area contributed by atoms with Gasteiger partial charge in [-0.25, -0.2) is 9.50 Å². The molecule has 0 atom stereocenters. The van der Waals surface area contributed by atoms with Crippen LogP contribution in [0.3, 0.4) is 0 Å². The Labute approximate surface area is 212 Å². The summed E-state index contributed by atoms with van der Waals surface area (Å²) >= 11 is 0. The van der Waals surface area contributed by atoms with Gasteiger partial charge in [0.25, 0.3) is 11.8 Å². The van der Waals surface area contributed by atoms with Gasteiger partial charge >= 0.3 is 6.18 Å². The van der Waals surface area contributed by atoms with E-state index in [0.29, 0.717) is 22.6 Å². The van der Waals surface area contributed by atoms with Crippen molar-refractivity contribution in [3.8, 4) is 11.6 Å². The first kappa shape index (κ1) is 24.4. The van der Waals surface area contributed by atoms with E-state index in [1.807, 2.05) is 0 Å². The summed E-state index contributed by atoms with van der Waals surface area (Å²) < 4.78 is 46.1. The molecule has 3 heterocycles. The van der Waals surface area contributed by atoms with Gasteiger partial charge in [-0.05, 0) is 48.5 Å². The van der Waals surface area contributed by atoms with Gasteiger partial charge in [0.2, 0.25) is 5.88 Å². The number of nitrogens with zero attached hydrogens (tertiary/aromatic N) is 4. The highest BCUT2D eigenvalue weighted by Gasteiger charge is 2.30. The molecule has 2 amide bonds. The number of hydrogen-bond acceptors (Lipinski definition) is 6. The van der Waals surface area contributed by atoms with Gasteiger partial charge in [-0.2, -0.15) is 13.2 Å². The highest BCUT2D eigenvalue weighted by atomic mass is 19.4. The molecule has 0 bridgehead atoms. The number of aromatic nitrogens is 4. The highest BCUT2D eigenvalue weighted by molar-refractivity contribution is 6.04. The summed E-state index contributed by atoms with van der Waals surface area (Å²) in [5, 5.41) is 9.55. The maximum atomic E-state index is 13.0. The van der Waals surface area contributed by atoms with Crippen LogP contribution in [-0.4, -0.2) is 31.4 Å². The van der Waals surface area contributed by atoms with Crippen LogP contribution >= 0.6 is 0 Å². The van der Waals surface area contributed by atoms with E-state index < -0.39 is 17.6 Å². The number of carbonyl (C=O) groups is 2. The molecule has 2 aromatic carbocycles. The van der Waals surface area contributed by atoms with E-state index in [0.717, 1.165) is 12.1 Å². The Morgan fingerprint density at radius 3 is 2.45 bits per heavy atom. The zero-order valence-electron chi connectivity index (χ0n) is 19.3. The van der Waals surface area contributed by atoms with Crippen LogP contribution in [-0.2, 0) is 6.18 Å². The molecule has 12 heteroatoms. The fraction of sp³-hybridized carbons (Fsp3) is 0.0385. The van der Waals surface area contributed by atoms with Crippen LogP contribution in [0.15, 0.2) is 91.4 Å². The van der Waals surface area contributed by atoms with Gasteiger partial charge in [-0.1, -0.05) is 12.1 Å². The van der Waals surface area contributed by atoms with Crippen LogP contribution in [0.4, 0.5) is 24.7 Å². The third-order valence-electron chi connectivity index (χ3n) is 5.23. The average molecular weight is 518 g/mol. The van der Waals surface area contributed by atoms with Gasteiger partial charge in [0.1, 0.15) is 5.75 Å². The zero-order valence-corrected chi connectivity index (χ0v) is 19.3. The molecule has 3 aromatic heterocycles. The third-order valence-corrected chi connectivity index (χ3v) is 5.23. The molecule has 0 saturated heterocycles. The van der Waals surface area contributed by atoms with E-state index in [1.54, 1.807) is 48.7 Å². The number of amides is 2. The fourth-order valence-electron chi connectivity index (χ4n) is 3.46. The fourth-order valence-corrected chi connectivity index (χ4v) is 3.46. The Hall–Kier alpha value is -5.26. The summed E-state index contributed by atoms with van der Waals surface area (Å²) in [6.07, 6.45) is -0.0418. The summed E-state index contributed by atoms with van der Waals surface area (Å²) in [5.74, 6) is -0.276. The van der Waals surface area contributed by atoms with Crippen molar-refractivity contribution in [2.75, 3.05) is 10.6 Å². The maximum Gasteiger partial charge on any atom is 0.416 e. The molecule has 0 radical (unpaired) electrons. The van der Waals surface area contributed by atoms with E-state index in [1.165, 1.54) is 35.1 Å². The number of benzene rings is 2. The van der Waals surface area contributed by atoms with Crippen LogP contribution < -0.4 is 15.4 Å². The summed E-state index contributed by atoms with van der Waals surface area (Å²) in [6.45, 7) is 0. The van der Waals surface area contributed by atoms with Gasteiger partial charge in [0, 0.05) is 35.8 Å². The highest BCUT2D eigenvalue weighted by Crippen LogP contribution is 2.30. The van der Waals surface area contributed by atoms with Crippen molar-refractivity contribution in [3.63, 3.8) is 0 Å². The van der Waals surface area contributed by atoms with Crippen molar-refractivity contribution in [3.05, 3.63) is 108 Å². The molecule has 38 heavy (non-hydrogen) atoms. The van der Waals surface area contributed by atoms with Crippen LogP contribution in [0.1, 0.15) is 26.3 Å². The first-order valence-electron chi connectivity index (χ1n) is 11.1. The van der Waals surface area contributed by atoms with Gasteiger partial charge in [0.05, 0.1) is 17.3 Å². The summed E-state index contributed by atoms with van der Waals surface area (Å²) in [6, 6.07) is 16.9. The first-order valence-corrected chi connectivity index (χ1v) is 11.1. The van der Waals surface area contributed by atoms with Crippen LogP contribution in [0.2, 0.25) is 0 Å². The molecule has 5 aromatic rings. The smallest absolute Gasteiger partial charge is 0.416 e.